The van der Waals surface area contributed by atoms with Crippen molar-refractivity contribution in [3.63, 3.8) is 0 Å². The van der Waals surface area contributed by atoms with Gasteiger partial charge in [-0.1, -0.05) is 36.4 Å². The van der Waals surface area contributed by atoms with Crippen LogP contribution in [0.1, 0.15) is 15.9 Å². The highest BCUT2D eigenvalue weighted by atomic mass is 32.2. The molecule has 1 amide bonds. The van der Waals surface area contributed by atoms with E-state index in [-0.39, 0.29) is 16.4 Å². The zero-order chi connectivity index (χ0) is 19.4. The molecule has 0 aliphatic carbocycles. The van der Waals surface area contributed by atoms with Crippen molar-refractivity contribution in [2.45, 2.75) is 11.8 Å². The maximum absolute atomic E-state index is 12.9. The second-order valence-electron chi connectivity index (χ2n) is 6.16. The Morgan fingerprint density at radius 3 is 2.30 bits per heavy atom. The summed E-state index contributed by atoms with van der Waals surface area (Å²) in [7, 11) is -2.28. The zero-order valence-electron chi connectivity index (χ0n) is 15.1. The lowest BCUT2D eigenvalue weighted by molar-refractivity contribution is 0.102. The molecule has 0 saturated heterocycles. The van der Waals surface area contributed by atoms with E-state index < -0.39 is 10.0 Å². The molecule has 1 N–H and O–H groups in total. The van der Waals surface area contributed by atoms with E-state index in [4.69, 9.17) is 0 Å². The summed E-state index contributed by atoms with van der Waals surface area (Å²) in [6.45, 7) is 1.93. The fourth-order valence-electron chi connectivity index (χ4n) is 2.66. The number of para-hydroxylation sites is 1. The van der Waals surface area contributed by atoms with Gasteiger partial charge in [-0.25, -0.2) is 8.42 Å². The summed E-state index contributed by atoms with van der Waals surface area (Å²) in [5.41, 5.74) is 2.51. The SMILES string of the molecule is Cc1cccc(NC(=O)c2cccc(S(=O)(=O)N(C)c3ccccc3)c2)c1. The molecule has 0 radical (unpaired) electrons. The molecule has 3 aromatic rings. The molecule has 5 nitrogen and oxygen atoms in total. The van der Waals surface area contributed by atoms with Gasteiger partial charge in [-0.2, -0.15) is 0 Å². The summed E-state index contributed by atoms with van der Waals surface area (Å²) >= 11 is 0. The maximum atomic E-state index is 12.9. The summed E-state index contributed by atoms with van der Waals surface area (Å²) in [6.07, 6.45) is 0. The molecular weight excluding hydrogens is 360 g/mol. The summed E-state index contributed by atoms with van der Waals surface area (Å²) in [5.74, 6) is -0.361. The zero-order valence-corrected chi connectivity index (χ0v) is 15.9. The summed E-state index contributed by atoms with van der Waals surface area (Å²) < 4.78 is 27.0. The summed E-state index contributed by atoms with van der Waals surface area (Å²) in [4.78, 5) is 12.6. The third-order valence-electron chi connectivity index (χ3n) is 4.15. The van der Waals surface area contributed by atoms with E-state index in [2.05, 4.69) is 5.32 Å². The molecule has 3 rings (SSSR count). The van der Waals surface area contributed by atoms with Crippen LogP contribution < -0.4 is 9.62 Å². The van der Waals surface area contributed by atoms with Gasteiger partial charge in [0.05, 0.1) is 10.6 Å². The van der Waals surface area contributed by atoms with Gasteiger partial charge >= 0.3 is 0 Å². The molecule has 27 heavy (non-hydrogen) atoms. The number of carbonyl (C=O) groups is 1. The first kappa shape index (κ1) is 18.7. The predicted octanol–water partition coefficient (Wildman–Crippen LogP) is 4.07. The minimum Gasteiger partial charge on any atom is -0.322 e. The lowest BCUT2D eigenvalue weighted by atomic mass is 10.2. The fraction of sp³-hybridized carbons (Fsp3) is 0.0952. The molecule has 0 heterocycles. The second kappa shape index (κ2) is 7.63. The summed E-state index contributed by atoms with van der Waals surface area (Å²) in [6, 6.07) is 22.2. The first-order valence-corrected chi connectivity index (χ1v) is 9.84. The van der Waals surface area contributed by atoms with E-state index in [0.29, 0.717) is 11.4 Å². The van der Waals surface area contributed by atoms with Gasteiger partial charge in [0.1, 0.15) is 0 Å². The maximum Gasteiger partial charge on any atom is 0.264 e. The Hall–Kier alpha value is -3.12. The number of anilines is 2. The van der Waals surface area contributed by atoms with Gasteiger partial charge in [0, 0.05) is 18.3 Å². The van der Waals surface area contributed by atoms with E-state index in [1.54, 1.807) is 42.5 Å². The van der Waals surface area contributed by atoms with Crippen molar-refractivity contribution in [2.24, 2.45) is 0 Å². The molecule has 0 aliphatic rings. The Kier molecular flexibility index (Phi) is 5.28. The smallest absolute Gasteiger partial charge is 0.264 e. The minimum absolute atomic E-state index is 0.0609. The number of carbonyl (C=O) groups excluding carboxylic acids is 1. The van der Waals surface area contributed by atoms with Gasteiger partial charge < -0.3 is 5.32 Å². The molecular formula is C21H20N2O3S. The Bertz CT molecular complexity index is 1060. The molecule has 0 saturated carbocycles. The fourth-order valence-corrected chi connectivity index (χ4v) is 3.90. The van der Waals surface area contributed by atoms with Crippen molar-refractivity contribution in [3.8, 4) is 0 Å². The molecule has 0 bridgehead atoms. The number of sulfonamides is 1. The van der Waals surface area contributed by atoms with Crippen LogP contribution in [0.5, 0.6) is 0 Å². The van der Waals surface area contributed by atoms with Crippen LogP contribution in [0, 0.1) is 6.92 Å². The first-order chi connectivity index (χ1) is 12.9. The highest BCUT2D eigenvalue weighted by Crippen LogP contribution is 2.22. The predicted molar refractivity (Wildman–Crippen MR) is 108 cm³/mol. The molecule has 0 aromatic heterocycles. The first-order valence-electron chi connectivity index (χ1n) is 8.40. The number of aryl methyl sites for hydroxylation is 1. The summed E-state index contributed by atoms with van der Waals surface area (Å²) in [5, 5.41) is 2.79. The molecule has 0 fully saturated rings. The molecule has 138 valence electrons. The number of nitrogens with one attached hydrogen (secondary N) is 1. The van der Waals surface area contributed by atoms with E-state index in [1.165, 1.54) is 23.5 Å². The Labute approximate surface area is 159 Å². The van der Waals surface area contributed by atoms with Gasteiger partial charge in [0.15, 0.2) is 0 Å². The van der Waals surface area contributed by atoms with Crippen LogP contribution in [0.15, 0.2) is 83.8 Å². The molecule has 3 aromatic carbocycles. The van der Waals surface area contributed by atoms with Crippen LogP contribution in [0.4, 0.5) is 11.4 Å². The monoisotopic (exact) mass is 380 g/mol. The molecule has 0 atom stereocenters. The van der Waals surface area contributed by atoms with Crippen LogP contribution in [0.2, 0.25) is 0 Å². The van der Waals surface area contributed by atoms with Crippen LogP contribution >= 0.6 is 0 Å². The number of hydrogen-bond acceptors (Lipinski definition) is 3. The lowest BCUT2D eigenvalue weighted by Gasteiger charge is -2.19. The van der Waals surface area contributed by atoms with Gasteiger partial charge in [0.25, 0.3) is 15.9 Å². The van der Waals surface area contributed by atoms with E-state index in [1.807, 2.05) is 31.2 Å². The van der Waals surface area contributed by atoms with Crippen LogP contribution in [-0.4, -0.2) is 21.4 Å². The van der Waals surface area contributed by atoms with Crippen LogP contribution in [-0.2, 0) is 10.0 Å². The molecule has 0 aliphatic heterocycles. The van der Waals surface area contributed by atoms with Crippen molar-refractivity contribution >= 4 is 27.3 Å². The van der Waals surface area contributed by atoms with Crippen LogP contribution in [0.25, 0.3) is 0 Å². The minimum atomic E-state index is -3.77. The van der Waals surface area contributed by atoms with Gasteiger partial charge in [-0.15, -0.1) is 0 Å². The highest BCUT2D eigenvalue weighted by Gasteiger charge is 2.22. The third-order valence-corrected chi connectivity index (χ3v) is 5.93. The Morgan fingerprint density at radius 2 is 1.59 bits per heavy atom. The number of amides is 1. The number of nitrogens with zero attached hydrogens (tertiary/aromatic N) is 1. The quantitative estimate of drug-likeness (QED) is 0.725. The Morgan fingerprint density at radius 1 is 0.889 bits per heavy atom. The normalized spacial score (nSPS) is 11.0. The average Bonchev–Trinajstić information content (AvgIpc) is 2.68. The van der Waals surface area contributed by atoms with Crippen molar-refractivity contribution in [1.29, 1.82) is 0 Å². The molecule has 0 spiro atoms. The van der Waals surface area contributed by atoms with E-state index >= 15 is 0 Å². The number of hydrogen-bond donors (Lipinski definition) is 1. The largest absolute Gasteiger partial charge is 0.322 e. The van der Waals surface area contributed by atoms with Gasteiger partial charge in [-0.3, -0.25) is 9.10 Å². The molecule has 0 unspecified atom stereocenters. The van der Waals surface area contributed by atoms with Crippen molar-refractivity contribution in [2.75, 3.05) is 16.7 Å². The highest BCUT2D eigenvalue weighted by molar-refractivity contribution is 7.92. The Balaban J connectivity index is 1.87. The van der Waals surface area contributed by atoms with Crippen molar-refractivity contribution in [1.82, 2.24) is 0 Å². The second-order valence-corrected chi connectivity index (χ2v) is 8.13. The topological polar surface area (TPSA) is 66.5 Å². The van der Waals surface area contributed by atoms with Gasteiger partial charge in [0.2, 0.25) is 0 Å². The molecule has 6 heteroatoms. The van der Waals surface area contributed by atoms with Crippen LogP contribution in [0.3, 0.4) is 0 Å². The van der Waals surface area contributed by atoms with E-state index in [9.17, 15) is 13.2 Å². The van der Waals surface area contributed by atoms with Crippen molar-refractivity contribution < 1.29 is 13.2 Å². The van der Waals surface area contributed by atoms with Gasteiger partial charge in [-0.05, 0) is 55.0 Å². The standard InChI is InChI=1S/C21H20N2O3S/c1-16-8-6-10-18(14-16)22-21(24)17-9-7-13-20(15-17)27(25,26)23(2)19-11-4-3-5-12-19/h3-15H,1-2H3,(H,22,24). The lowest BCUT2D eigenvalue weighted by Crippen LogP contribution is -2.26. The number of benzene rings is 3. The van der Waals surface area contributed by atoms with Crippen molar-refractivity contribution in [3.05, 3.63) is 90.0 Å². The number of rotatable bonds is 5. The van der Waals surface area contributed by atoms with E-state index in [0.717, 1.165) is 5.56 Å². The third kappa shape index (κ3) is 4.17. The average molecular weight is 380 g/mol.